The van der Waals surface area contributed by atoms with E-state index in [9.17, 15) is 9.90 Å². The minimum absolute atomic E-state index is 0.0687. The van der Waals surface area contributed by atoms with Gasteiger partial charge in [0.2, 0.25) is 0 Å². The highest BCUT2D eigenvalue weighted by atomic mass is 79.9. The van der Waals surface area contributed by atoms with Crippen molar-refractivity contribution in [3.8, 4) is 0 Å². The minimum atomic E-state index is -1.97. The van der Waals surface area contributed by atoms with Crippen LogP contribution in [-0.4, -0.2) is 43.5 Å². The van der Waals surface area contributed by atoms with Crippen molar-refractivity contribution in [3.05, 3.63) is 0 Å². The Balaban J connectivity index is 4.80. The van der Waals surface area contributed by atoms with Crippen LogP contribution in [0.1, 0.15) is 40.5 Å². The van der Waals surface area contributed by atoms with E-state index >= 15 is 0 Å². The molecule has 0 spiro atoms. The predicted molar refractivity (Wildman–Crippen MR) is 87.7 cm³/mol. The van der Waals surface area contributed by atoms with Crippen molar-refractivity contribution < 1.29 is 19.1 Å². The van der Waals surface area contributed by atoms with Crippen molar-refractivity contribution in [2.45, 2.75) is 70.9 Å². The van der Waals surface area contributed by atoms with Gasteiger partial charge in [0.15, 0.2) is 8.32 Å². The molecule has 0 saturated carbocycles. The zero-order valence-electron chi connectivity index (χ0n) is 13.5. The number of aliphatic hydroxyl groups excluding tert-OH is 1. The Bertz CT molecular complexity index is 302. The molecular weight excluding hydrogens is 340 g/mol. The molecule has 0 aromatic rings. The Morgan fingerprint density at radius 2 is 1.90 bits per heavy atom. The summed E-state index contributed by atoms with van der Waals surface area (Å²) in [6.45, 7) is 12.9. The summed E-state index contributed by atoms with van der Waals surface area (Å²) in [5.41, 5.74) is 0. The zero-order chi connectivity index (χ0) is 16.0. The van der Waals surface area contributed by atoms with E-state index in [1.807, 2.05) is 0 Å². The first kappa shape index (κ1) is 20.1. The van der Waals surface area contributed by atoms with Crippen LogP contribution in [0.25, 0.3) is 0 Å². The van der Waals surface area contributed by atoms with Crippen molar-refractivity contribution in [3.63, 3.8) is 0 Å². The standard InChI is InChI=1S/C14H29BrO4Si/c1-7-18-13(17)9-12(8-11(16)10-15)19-20(5,6)14(2,3)4/h11-12,16H,7-10H2,1-6H3/t11?,12-/m1/s1. The maximum absolute atomic E-state index is 11.7. The monoisotopic (exact) mass is 368 g/mol. The van der Waals surface area contributed by atoms with E-state index in [1.54, 1.807) is 6.92 Å². The topological polar surface area (TPSA) is 55.8 Å². The zero-order valence-corrected chi connectivity index (χ0v) is 16.1. The van der Waals surface area contributed by atoms with Crippen LogP contribution in [0.2, 0.25) is 18.1 Å². The molecule has 0 heterocycles. The Morgan fingerprint density at radius 3 is 2.30 bits per heavy atom. The molecule has 1 N–H and O–H groups in total. The molecule has 0 aliphatic heterocycles. The number of ether oxygens (including phenoxy) is 1. The number of hydrogen-bond acceptors (Lipinski definition) is 4. The molecule has 0 fully saturated rings. The van der Waals surface area contributed by atoms with Crippen LogP contribution in [-0.2, 0) is 14.0 Å². The lowest BCUT2D eigenvalue weighted by molar-refractivity contribution is -0.145. The van der Waals surface area contributed by atoms with Gasteiger partial charge in [-0.2, -0.15) is 0 Å². The van der Waals surface area contributed by atoms with Crippen LogP contribution >= 0.6 is 15.9 Å². The Kier molecular flexibility index (Phi) is 8.55. The molecular formula is C14H29BrO4Si. The number of hydrogen-bond donors (Lipinski definition) is 1. The molecule has 2 atom stereocenters. The van der Waals surface area contributed by atoms with E-state index in [1.165, 1.54) is 0 Å². The average molecular weight is 369 g/mol. The molecule has 0 aliphatic carbocycles. The maximum Gasteiger partial charge on any atom is 0.308 e. The molecule has 0 radical (unpaired) electrons. The molecule has 0 rings (SSSR count). The number of halogens is 1. The lowest BCUT2D eigenvalue weighted by atomic mass is 10.1. The van der Waals surface area contributed by atoms with Crippen molar-refractivity contribution in [1.29, 1.82) is 0 Å². The summed E-state index contributed by atoms with van der Waals surface area (Å²) in [6, 6.07) is 0. The van der Waals surface area contributed by atoms with Crippen LogP contribution in [0.3, 0.4) is 0 Å². The summed E-state index contributed by atoms with van der Waals surface area (Å²) in [7, 11) is -1.97. The summed E-state index contributed by atoms with van der Waals surface area (Å²) in [6.07, 6.45) is -0.164. The van der Waals surface area contributed by atoms with Crippen LogP contribution in [0.15, 0.2) is 0 Å². The third-order valence-electron chi connectivity index (χ3n) is 3.68. The molecule has 0 aliphatic rings. The number of rotatable bonds is 8. The predicted octanol–water partition coefficient (Wildman–Crippen LogP) is 3.48. The second kappa shape index (κ2) is 8.51. The van der Waals surface area contributed by atoms with Crippen molar-refractivity contribution in [2.24, 2.45) is 0 Å². The highest BCUT2D eigenvalue weighted by molar-refractivity contribution is 9.09. The normalized spacial score (nSPS) is 15.8. The Labute approximate surface area is 132 Å². The van der Waals surface area contributed by atoms with Gasteiger partial charge in [0.1, 0.15) is 0 Å². The molecule has 20 heavy (non-hydrogen) atoms. The van der Waals surface area contributed by atoms with E-state index in [0.717, 1.165) is 0 Å². The molecule has 0 amide bonds. The summed E-state index contributed by atoms with van der Waals surface area (Å²) >= 11 is 3.25. The summed E-state index contributed by atoms with van der Waals surface area (Å²) in [5, 5.41) is 10.4. The molecule has 0 aromatic heterocycles. The van der Waals surface area contributed by atoms with Gasteiger partial charge in [-0.05, 0) is 31.5 Å². The molecule has 120 valence electrons. The van der Waals surface area contributed by atoms with E-state index in [2.05, 4.69) is 49.8 Å². The molecule has 0 aromatic carbocycles. The summed E-state index contributed by atoms with van der Waals surface area (Å²) < 4.78 is 11.2. The lowest BCUT2D eigenvalue weighted by Crippen LogP contribution is -2.45. The van der Waals surface area contributed by atoms with Crippen LogP contribution in [0, 0.1) is 0 Å². The third kappa shape index (κ3) is 7.20. The van der Waals surface area contributed by atoms with Gasteiger partial charge in [0, 0.05) is 5.33 Å². The summed E-state index contributed by atoms with van der Waals surface area (Å²) in [5.74, 6) is -0.266. The fourth-order valence-corrected chi connectivity index (χ4v) is 3.17. The minimum Gasteiger partial charge on any atom is -0.466 e. The number of carbonyl (C=O) groups excluding carboxylic acids is 1. The molecule has 0 saturated heterocycles. The first-order valence-electron chi connectivity index (χ1n) is 7.11. The maximum atomic E-state index is 11.7. The molecule has 6 heteroatoms. The van der Waals surface area contributed by atoms with Gasteiger partial charge in [-0.3, -0.25) is 4.79 Å². The Morgan fingerprint density at radius 1 is 1.35 bits per heavy atom. The molecule has 4 nitrogen and oxygen atoms in total. The van der Waals surface area contributed by atoms with Crippen molar-refractivity contribution in [2.75, 3.05) is 11.9 Å². The summed E-state index contributed by atoms with van der Waals surface area (Å²) in [4.78, 5) is 11.7. The fraction of sp³-hybridized carbons (Fsp3) is 0.929. The van der Waals surface area contributed by atoms with Crippen molar-refractivity contribution in [1.82, 2.24) is 0 Å². The van der Waals surface area contributed by atoms with E-state index in [4.69, 9.17) is 9.16 Å². The van der Waals surface area contributed by atoms with E-state index < -0.39 is 14.4 Å². The Hall–Kier alpha value is 0.0869. The fourth-order valence-electron chi connectivity index (χ4n) is 1.54. The van der Waals surface area contributed by atoms with E-state index in [0.29, 0.717) is 18.4 Å². The van der Waals surface area contributed by atoms with Gasteiger partial charge in [-0.25, -0.2) is 0 Å². The second-order valence-electron chi connectivity index (χ2n) is 6.55. The number of alkyl halides is 1. The second-order valence-corrected chi connectivity index (χ2v) is 12.0. The first-order chi connectivity index (χ1) is 9.03. The average Bonchev–Trinajstić information content (AvgIpc) is 2.26. The smallest absolute Gasteiger partial charge is 0.308 e. The van der Waals surface area contributed by atoms with Gasteiger partial charge in [-0.15, -0.1) is 0 Å². The molecule has 1 unspecified atom stereocenters. The van der Waals surface area contributed by atoms with Crippen LogP contribution in [0.4, 0.5) is 0 Å². The highest BCUT2D eigenvalue weighted by Gasteiger charge is 2.39. The van der Waals surface area contributed by atoms with Crippen LogP contribution < -0.4 is 0 Å². The highest BCUT2D eigenvalue weighted by Crippen LogP contribution is 2.38. The lowest BCUT2D eigenvalue weighted by Gasteiger charge is -2.39. The first-order valence-corrected chi connectivity index (χ1v) is 11.1. The largest absolute Gasteiger partial charge is 0.466 e. The van der Waals surface area contributed by atoms with Gasteiger partial charge < -0.3 is 14.3 Å². The number of esters is 1. The van der Waals surface area contributed by atoms with Gasteiger partial charge in [0.05, 0.1) is 25.2 Å². The molecule has 0 bridgehead atoms. The number of aliphatic hydroxyl groups is 1. The van der Waals surface area contributed by atoms with Crippen molar-refractivity contribution >= 4 is 30.2 Å². The SMILES string of the molecule is CCOC(=O)C[C@@H](CC(O)CBr)O[Si](C)(C)C(C)(C)C. The quantitative estimate of drug-likeness (QED) is 0.404. The van der Waals surface area contributed by atoms with Crippen LogP contribution in [0.5, 0.6) is 0 Å². The third-order valence-corrected chi connectivity index (χ3v) is 8.96. The van der Waals surface area contributed by atoms with E-state index in [-0.39, 0.29) is 23.5 Å². The van der Waals surface area contributed by atoms with Gasteiger partial charge in [-0.1, -0.05) is 36.7 Å². The van der Waals surface area contributed by atoms with Gasteiger partial charge in [0.25, 0.3) is 0 Å². The number of carbonyl (C=O) groups is 1. The van der Waals surface area contributed by atoms with Gasteiger partial charge >= 0.3 is 5.97 Å².